The quantitative estimate of drug-likeness (QED) is 0.477. The number of halogens is 1. The second kappa shape index (κ2) is 9.96. The Morgan fingerprint density at radius 2 is 1.97 bits per heavy atom. The zero-order valence-corrected chi connectivity index (χ0v) is 20.8. The van der Waals surface area contributed by atoms with E-state index in [-0.39, 0.29) is 42.4 Å². The number of ether oxygens (including phenoxy) is 2. The number of carbonyl (C=O) groups excluding carboxylic acids is 4. The summed E-state index contributed by atoms with van der Waals surface area (Å²) in [5, 5.41) is 8.98. The molecule has 2 amide bonds. The van der Waals surface area contributed by atoms with Gasteiger partial charge in [-0.3, -0.25) is 14.4 Å². The molecule has 1 aliphatic rings. The van der Waals surface area contributed by atoms with Crippen molar-refractivity contribution in [3.05, 3.63) is 58.8 Å². The van der Waals surface area contributed by atoms with E-state index >= 15 is 0 Å². The first-order valence-corrected chi connectivity index (χ1v) is 11.5. The molecule has 4 rings (SSSR count). The van der Waals surface area contributed by atoms with Gasteiger partial charge in [0.1, 0.15) is 35.4 Å². The molecule has 3 aromatic rings. The SMILES string of the molecule is C[C@@H](NC(=O)c1cc(C(=O)NCc2ccc3c(c2)CC(=O)CO3)nc2c(F)cnn12)C(=O)OC(C)(C)C. The topological polar surface area (TPSA) is 141 Å². The number of nitrogens with zero attached hydrogens (tertiary/aromatic N) is 3. The van der Waals surface area contributed by atoms with Crippen LogP contribution in [-0.2, 0) is 27.3 Å². The third-order valence-electron chi connectivity index (χ3n) is 5.36. The van der Waals surface area contributed by atoms with Gasteiger partial charge in [0.25, 0.3) is 11.8 Å². The second-order valence-electron chi connectivity index (χ2n) is 9.61. The Morgan fingerprint density at radius 3 is 2.70 bits per heavy atom. The fourth-order valence-corrected chi connectivity index (χ4v) is 3.65. The number of hydrogen-bond acceptors (Lipinski definition) is 8. The van der Waals surface area contributed by atoms with E-state index in [4.69, 9.17) is 9.47 Å². The number of hydrogen-bond donors (Lipinski definition) is 2. The van der Waals surface area contributed by atoms with Gasteiger partial charge in [0.05, 0.1) is 6.20 Å². The number of carbonyl (C=O) groups is 4. The lowest BCUT2D eigenvalue weighted by Crippen LogP contribution is -2.42. The molecule has 2 N–H and O–H groups in total. The van der Waals surface area contributed by atoms with Gasteiger partial charge in [-0.1, -0.05) is 6.07 Å². The molecule has 0 saturated heterocycles. The predicted molar refractivity (Wildman–Crippen MR) is 128 cm³/mol. The molecule has 0 saturated carbocycles. The Bertz CT molecular complexity index is 1410. The van der Waals surface area contributed by atoms with Crippen molar-refractivity contribution in [1.29, 1.82) is 0 Å². The number of rotatable bonds is 6. The van der Waals surface area contributed by atoms with E-state index in [0.29, 0.717) is 11.3 Å². The molecule has 1 aromatic carbocycles. The number of nitrogens with one attached hydrogen (secondary N) is 2. The van der Waals surface area contributed by atoms with Crippen LogP contribution in [0.25, 0.3) is 5.65 Å². The molecule has 0 spiro atoms. The third-order valence-corrected chi connectivity index (χ3v) is 5.36. The maximum atomic E-state index is 14.3. The lowest BCUT2D eigenvalue weighted by molar-refractivity contribution is -0.156. The lowest BCUT2D eigenvalue weighted by Gasteiger charge is -2.22. The van der Waals surface area contributed by atoms with Crippen LogP contribution < -0.4 is 15.4 Å². The minimum atomic E-state index is -1.02. The van der Waals surface area contributed by atoms with Crippen LogP contribution in [0.4, 0.5) is 4.39 Å². The zero-order chi connectivity index (χ0) is 26.9. The normalized spacial score (nSPS) is 13.9. The second-order valence-corrected chi connectivity index (χ2v) is 9.61. The van der Waals surface area contributed by atoms with Crippen LogP contribution in [-0.4, -0.2) is 56.4 Å². The average molecular weight is 512 g/mol. The van der Waals surface area contributed by atoms with E-state index in [0.717, 1.165) is 22.3 Å². The molecule has 1 atom stereocenters. The molecule has 12 heteroatoms. The first-order chi connectivity index (χ1) is 17.4. The van der Waals surface area contributed by atoms with E-state index in [1.165, 1.54) is 6.92 Å². The van der Waals surface area contributed by atoms with Crippen molar-refractivity contribution in [3.8, 4) is 5.75 Å². The monoisotopic (exact) mass is 511 g/mol. The number of esters is 1. The minimum Gasteiger partial charge on any atom is -0.486 e. The van der Waals surface area contributed by atoms with Crippen LogP contribution >= 0.6 is 0 Å². The summed E-state index contributed by atoms with van der Waals surface area (Å²) < 4.78 is 25.9. The summed E-state index contributed by atoms with van der Waals surface area (Å²) in [6.45, 7) is 6.65. The molecule has 0 radical (unpaired) electrons. The Morgan fingerprint density at radius 1 is 1.22 bits per heavy atom. The fraction of sp³-hybridized carbons (Fsp3) is 0.360. The third kappa shape index (κ3) is 5.90. The minimum absolute atomic E-state index is 0.0366. The van der Waals surface area contributed by atoms with Gasteiger partial charge in [-0.05, 0) is 45.4 Å². The molecule has 2 aromatic heterocycles. The molecule has 37 heavy (non-hydrogen) atoms. The molecular formula is C25H26FN5O6. The number of aromatic nitrogens is 3. The van der Waals surface area contributed by atoms with E-state index in [9.17, 15) is 23.6 Å². The number of amides is 2. The number of Topliss-reactive ketones (excluding diaryl/α,β-unsaturated/α-hetero) is 1. The molecule has 0 bridgehead atoms. The number of fused-ring (bicyclic) bond motifs is 2. The summed E-state index contributed by atoms with van der Waals surface area (Å²) in [7, 11) is 0. The van der Waals surface area contributed by atoms with Crippen LogP contribution in [0, 0.1) is 5.82 Å². The van der Waals surface area contributed by atoms with E-state index in [2.05, 4.69) is 20.7 Å². The van der Waals surface area contributed by atoms with Crippen molar-refractivity contribution in [2.45, 2.75) is 52.3 Å². The van der Waals surface area contributed by atoms with Crippen molar-refractivity contribution in [2.75, 3.05) is 6.61 Å². The number of ketones is 1. The molecular weight excluding hydrogens is 485 g/mol. The van der Waals surface area contributed by atoms with Crippen LogP contribution in [0.2, 0.25) is 0 Å². The van der Waals surface area contributed by atoms with Crippen molar-refractivity contribution < 1.29 is 33.0 Å². The summed E-state index contributed by atoms with van der Waals surface area (Å²) in [6.07, 6.45) is 1.12. The van der Waals surface area contributed by atoms with Crippen molar-refractivity contribution in [2.24, 2.45) is 0 Å². The highest BCUT2D eigenvalue weighted by molar-refractivity contribution is 5.99. The molecule has 0 aliphatic carbocycles. The van der Waals surface area contributed by atoms with Gasteiger partial charge in [0.15, 0.2) is 17.2 Å². The predicted octanol–water partition coefficient (Wildman–Crippen LogP) is 1.76. The van der Waals surface area contributed by atoms with Gasteiger partial charge >= 0.3 is 5.97 Å². The van der Waals surface area contributed by atoms with Gasteiger partial charge < -0.3 is 20.1 Å². The largest absolute Gasteiger partial charge is 0.486 e. The van der Waals surface area contributed by atoms with Gasteiger partial charge in [0.2, 0.25) is 0 Å². The van der Waals surface area contributed by atoms with Crippen molar-refractivity contribution in [3.63, 3.8) is 0 Å². The van der Waals surface area contributed by atoms with Gasteiger partial charge in [0, 0.05) is 24.6 Å². The van der Waals surface area contributed by atoms with Crippen molar-refractivity contribution >= 4 is 29.2 Å². The van der Waals surface area contributed by atoms with E-state index < -0.39 is 35.2 Å². The van der Waals surface area contributed by atoms with Gasteiger partial charge in [-0.15, -0.1) is 0 Å². The van der Waals surface area contributed by atoms with Crippen molar-refractivity contribution in [1.82, 2.24) is 25.2 Å². The highest BCUT2D eigenvalue weighted by Gasteiger charge is 2.26. The van der Waals surface area contributed by atoms with E-state index in [1.54, 1.807) is 39.0 Å². The summed E-state index contributed by atoms with van der Waals surface area (Å²) in [6, 6.07) is 5.37. The maximum absolute atomic E-state index is 14.3. The van der Waals surface area contributed by atoms with Crippen LogP contribution in [0.1, 0.15) is 59.8 Å². The first kappa shape index (κ1) is 25.7. The molecule has 194 valence electrons. The first-order valence-electron chi connectivity index (χ1n) is 11.5. The smallest absolute Gasteiger partial charge is 0.328 e. The van der Waals surface area contributed by atoms with Gasteiger partial charge in [-0.25, -0.2) is 18.7 Å². The maximum Gasteiger partial charge on any atom is 0.328 e. The zero-order valence-electron chi connectivity index (χ0n) is 20.8. The highest BCUT2D eigenvalue weighted by atomic mass is 19.1. The van der Waals surface area contributed by atoms with Gasteiger partial charge in [-0.2, -0.15) is 5.10 Å². The molecule has 3 heterocycles. The average Bonchev–Trinajstić information content (AvgIpc) is 3.21. The summed E-state index contributed by atoms with van der Waals surface area (Å²) in [5.41, 5.74) is -0.0608. The summed E-state index contributed by atoms with van der Waals surface area (Å²) in [4.78, 5) is 53.8. The Hall–Kier alpha value is -4.35. The standard InChI is InChI=1S/C25H26FN5O6/c1-13(24(35)37-25(2,3)4)29-23(34)19-9-18(30-21-17(26)11-28-31(19)21)22(33)27-10-14-5-6-20-15(7-14)8-16(32)12-36-20/h5-7,9,11,13H,8,10,12H2,1-4H3,(H,27,33)(H,29,34)/t13-/m1/s1. The van der Waals surface area contributed by atoms with Crippen LogP contribution in [0.15, 0.2) is 30.5 Å². The Labute approximate surface area is 211 Å². The number of benzene rings is 1. The lowest BCUT2D eigenvalue weighted by atomic mass is 10.0. The Balaban J connectivity index is 1.53. The summed E-state index contributed by atoms with van der Waals surface area (Å²) >= 11 is 0. The Kier molecular flexibility index (Phi) is 6.92. The molecule has 1 aliphatic heterocycles. The van der Waals surface area contributed by atoms with E-state index in [1.807, 2.05) is 0 Å². The van der Waals surface area contributed by atoms with Crippen LogP contribution in [0.5, 0.6) is 5.75 Å². The molecule has 11 nitrogen and oxygen atoms in total. The molecule has 0 unspecified atom stereocenters. The fourth-order valence-electron chi connectivity index (χ4n) is 3.65. The highest BCUT2D eigenvalue weighted by Crippen LogP contribution is 2.24. The summed E-state index contributed by atoms with van der Waals surface area (Å²) in [5.74, 6) is -2.35. The van der Waals surface area contributed by atoms with Crippen LogP contribution in [0.3, 0.4) is 0 Å². The molecule has 0 fully saturated rings.